The molecule has 0 aliphatic rings. The third-order valence-corrected chi connectivity index (χ3v) is 12.1. The summed E-state index contributed by atoms with van der Waals surface area (Å²) in [7, 11) is 0. The van der Waals surface area contributed by atoms with Crippen LogP contribution in [0.2, 0.25) is 0 Å². The van der Waals surface area contributed by atoms with Crippen molar-refractivity contribution >= 4 is 31.5 Å². The van der Waals surface area contributed by atoms with Crippen molar-refractivity contribution in [3.05, 3.63) is 206 Å². The van der Waals surface area contributed by atoms with E-state index in [-0.39, 0.29) is 11.6 Å². The minimum absolute atomic E-state index is 0.317. The van der Waals surface area contributed by atoms with Crippen LogP contribution in [0.1, 0.15) is 0 Å². The lowest BCUT2D eigenvalue weighted by molar-refractivity contribution is 0.627. The van der Waals surface area contributed by atoms with Crippen LogP contribution in [-0.2, 0) is 0 Å². The van der Waals surface area contributed by atoms with E-state index in [0.717, 1.165) is 44.5 Å². The van der Waals surface area contributed by atoms with E-state index in [1.54, 1.807) is 35.6 Å². The van der Waals surface area contributed by atoms with Crippen molar-refractivity contribution in [2.24, 2.45) is 0 Å². The summed E-state index contributed by atoms with van der Waals surface area (Å²) in [5, 5.41) is 2.38. The molecule has 8 aromatic carbocycles. The molecule has 6 nitrogen and oxygen atoms in total. The highest BCUT2D eigenvalue weighted by atomic mass is 32.1. The van der Waals surface area contributed by atoms with Gasteiger partial charge < -0.3 is 0 Å². The number of hydrogen-bond donors (Lipinski definition) is 0. The van der Waals surface area contributed by atoms with Crippen LogP contribution in [0.4, 0.5) is 8.78 Å². The highest BCUT2D eigenvalue weighted by Gasteiger charge is 2.16. The van der Waals surface area contributed by atoms with Gasteiger partial charge in [0.05, 0.1) is 0 Å². The van der Waals surface area contributed by atoms with Gasteiger partial charge in [0.25, 0.3) is 0 Å². The molecule has 0 aliphatic carbocycles. The van der Waals surface area contributed by atoms with Crippen LogP contribution in [0.15, 0.2) is 194 Å². The monoisotopic (exact) mass is 834 g/mol. The third-order valence-electron chi connectivity index (χ3n) is 11.0. The molecule has 0 aliphatic heterocycles. The molecule has 0 atom stereocenters. The van der Waals surface area contributed by atoms with Gasteiger partial charge in [-0.25, -0.2) is 38.7 Å². The number of benzene rings is 8. The van der Waals surface area contributed by atoms with Gasteiger partial charge in [0.2, 0.25) is 0 Å². The first kappa shape index (κ1) is 37.8. The maximum atomic E-state index is 13.8. The van der Waals surface area contributed by atoms with Crippen molar-refractivity contribution < 1.29 is 8.78 Å². The molecule has 298 valence electrons. The van der Waals surface area contributed by atoms with Crippen LogP contribution < -0.4 is 0 Å². The molecule has 0 saturated heterocycles. The Balaban J connectivity index is 0.902. The fraction of sp³-hybridized carbons (Fsp3) is 0. The van der Waals surface area contributed by atoms with Gasteiger partial charge in [0.1, 0.15) is 11.6 Å². The van der Waals surface area contributed by atoms with E-state index in [2.05, 4.69) is 60.7 Å². The predicted octanol–water partition coefficient (Wildman–Crippen LogP) is 14.0. The quantitative estimate of drug-likeness (QED) is 0.152. The number of aromatic nitrogens is 6. The number of fused-ring (bicyclic) bond motifs is 3. The summed E-state index contributed by atoms with van der Waals surface area (Å²) in [4.78, 5) is 28.9. The molecular formula is C54H32F2N6S. The fourth-order valence-corrected chi connectivity index (χ4v) is 8.73. The fourth-order valence-electron chi connectivity index (χ4n) is 7.66. The first-order valence-electron chi connectivity index (χ1n) is 20.3. The van der Waals surface area contributed by atoms with Gasteiger partial charge in [0.15, 0.2) is 34.9 Å². The molecule has 0 radical (unpaired) electrons. The van der Waals surface area contributed by atoms with E-state index >= 15 is 0 Å². The summed E-state index contributed by atoms with van der Waals surface area (Å²) in [5.41, 5.74) is 9.19. The van der Waals surface area contributed by atoms with Gasteiger partial charge in [-0.15, -0.1) is 11.3 Å². The zero-order chi connectivity index (χ0) is 42.3. The first-order valence-corrected chi connectivity index (χ1v) is 21.1. The summed E-state index contributed by atoms with van der Waals surface area (Å²) in [5.74, 6) is 2.49. The Morgan fingerprint density at radius 2 is 0.508 bits per heavy atom. The van der Waals surface area contributed by atoms with E-state index < -0.39 is 0 Å². The van der Waals surface area contributed by atoms with Gasteiger partial charge in [-0.2, -0.15) is 0 Å². The second-order valence-electron chi connectivity index (χ2n) is 15.0. The molecule has 0 saturated carbocycles. The minimum atomic E-state index is -0.317. The number of halogens is 2. The summed E-state index contributed by atoms with van der Waals surface area (Å²) in [6, 6.07) is 61.8. The van der Waals surface area contributed by atoms with Crippen LogP contribution in [0.3, 0.4) is 0 Å². The zero-order valence-corrected chi connectivity index (χ0v) is 34.1. The Bertz CT molecular complexity index is 3200. The van der Waals surface area contributed by atoms with Gasteiger partial charge in [-0.3, -0.25) is 0 Å². The molecule has 3 heterocycles. The summed E-state index contributed by atoms with van der Waals surface area (Å²) < 4.78 is 30.0. The second-order valence-corrected chi connectivity index (χ2v) is 16.1. The molecular weight excluding hydrogens is 803 g/mol. The minimum Gasteiger partial charge on any atom is -0.208 e. The first-order chi connectivity index (χ1) is 31.0. The van der Waals surface area contributed by atoms with Crippen LogP contribution >= 0.6 is 11.3 Å². The molecule has 11 rings (SSSR count). The normalized spacial score (nSPS) is 11.3. The van der Waals surface area contributed by atoms with E-state index in [1.165, 1.54) is 44.4 Å². The zero-order valence-electron chi connectivity index (χ0n) is 33.3. The SMILES string of the molecule is Fc1ccc(-c2nc(-c3ccccc3)nc(-c3ccc(-c4ccc5sc6ccc(-c7ccc(-c8nc(-c9ccccc9)nc(-c9ccc(F)cc9)n8)cc7)cc6c5c4)cc3)n2)cc1. The Labute approximate surface area is 365 Å². The van der Waals surface area contributed by atoms with Crippen LogP contribution in [0.5, 0.6) is 0 Å². The van der Waals surface area contributed by atoms with Crippen LogP contribution in [0, 0.1) is 11.6 Å². The maximum absolute atomic E-state index is 13.8. The van der Waals surface area contributed by atoms with Crippen molar-refractivity contribution in [2.75, 3.05) is 0 Å². The maximum Gasteiger partial charge on any atom is 0.164 e. The molecule has 0 unspecified atom stereocenters. The molecule has 63 heavy (non-hydrogen) atoms. The van der Waals surface area contributed by atoms with E-state index in [4.69, 9.17) is 29.9 Å². The Hall–Kier alpha value is -8.14. The van der Waals surface area contributed by atoms with Crippen LogP contribution in [0.25, 0.3) is 111 Å². The molecule has 0 N–H and O–H groups in total. The van der Waals surface area contributed by atoms with Gasteiger partial charge in [-0.1, -0.05) is 121 Å². The number of thiophene rings is 1. The Morgan fingerprint density at radius 3 is 0.825 bits per heavy atom. The Morgan fingerprint density at radius 1 is 0.254 bits per heavy atom. The van der Waals surface area contributed by atoms with E-state index in [9.17, 15) is 8.78 Å². The van der Waals surface area contributed by atoms with Crippen molar-refractivity contribution in [3.63, 3.8) is 0 Å². The topological polar surface area (TPSA) is 77.3 Å². The Kier molecular flexibility index (Phi) is 9.63. The number of hydrogen-bond acceptors (Lipinski definition) is 7. The summed E-state index contributed by atoms with van der Waals surface area (Å²) in [6.07, 6.45) is 0. The second kappa shape index (κ2) is 16.0. The average molecular weight is 835 g/mol. The van der Waals surface area contributed by atoms with Crippen LogP contribution in [-0.4, -0.2) is 29.9 Å². The summed E-state index contributed by atoms with van der Waals surface area (Å²) in [6.45, 7) is 0. The highest BCUT2D eigenvalue weighted by molar-refractivity contribution is 7.25. The molecule has 0 bridgehead atoms. The molecule has 0 amide bonds. The largest absolute Gasteiger partial charge is 0.208 e. The third kappa shape index (κ3) is 7.62. The summed E-state index contributed by atoms with van der Waals surface area (Å²) >= 11 is 1.78. The lowest BCUT2D eigenvalue weighted by Crippen LogP contribution is -2.00. The lowest BCUT2D eigenvalue weighted by Gasteiger charge is -2.09. The predicted molar refractivity (Wildman–Crippen MR) is 250 cm³/mol. The highest BCUT2D eigenvalue weighted by Crippen LogP contribution is 2.39. The van der Waals surface area contributed by atoms with Gasteiger partial charge in [0, 0.05) is 53.6 Å². The number of rotatable bonds is 8. The standard InChI is InChI=1S/C54H32F2N6S/c55-43-25-19-39(20-26-43)53-59-49(35-7-3-1-4-8-35)57-51(61-53)37-15-11-33(12-16-37)41-23-29-47-45(31-41)46-32-42(24-30-48(46)63-47)34-13-17-38(18-14-34)52-58-50(36-9-5-2-6-10-36)60-54(62-52)40-21-27-44(56)28-22-40/h1-32H. The van der Waals surface area contributed by atoms with Crippen molar-refractivity contribution in [3.8, 4) is 90.6 Å². The van der Waals surface area contributed by atoms with Gasteiger partial charge in [-0.05, 0) is 95.1 Å². The van der Waals surface area contributed by atoms with E-state index in [1.807, 2.05) is 84.9 Å². The van der Waals surface area contributed by atoms with Crippen molar-refractivity contribution in [1.82, 2.24) is 29.9 Å². The molecule has 9 heteroatoms. The van der Waals surface area contributed by atoms with Crippen molar-refractivity contribution in [2.45, 2.75) is 0 Å². The number of nitrogens with zero attached hydrogens (tertiary/aromatic N) is 6. The molecule has 0 spiro atoms. The molecule has 3 aromatic heterocycles. The molecule has 0 fully saturated rings. The van der Waals surface area contributed by atoms with E-state index in [0.29, 0.717) is 46.1 Å². The van der Waals surface area contributed by atoms with Crippen molar-refractivity contribution in [1.29, 1.82) is 0 Å². The average Bonchev–Trinajstić information content (AvgIpc) is 3.72. The van der Waals surface area contributed by atoms with Gasteiger partial charge >= 0.3 is 0 Å². The lowest BCUT2D eigenvalue weighted by atomic mass is 9.99. The molecule has 11 aromatic rings. The smallest absolute Gasteiger partial charge is 0.164 e.